The molecular weight excluding hydrogens is 508 g/mol. The highest BCUT2D eigenvalue weighted by Crippen LogP contribution is 2.25. The molecule has 0 unspecified atom stereocenters. The molecule has 37 heavy (non-hydrogen) atoms. The van der Waals surface area contributed by atoms with Crippen LogP contribution in [0, 0.1) is 0 Å². The van der Waals surface area contributed by atoms with Gasteiger partial charge in [-0.05, 0) is 24.3 Å². The van der Waals surface area contributed by atoms with Crippen LogP contribution in [0.1, 0.15) is 18.0 Å². The number of piperazine rings is 1. The number of hydrogen-bond acceptors (Lipinski definition) is 7. The van der Waals surface area contributed by atoms with E-state index in [0.29, 0.717) is 22.6 Å². The van der Waals surface area contributed by atoms with Crippen molar-refractivity contribution in [3.8, 4) is 11.5 Å². The predicted octanol–water partition coefficient (Wildman–Crippen LogP) is 3.03. The number of urea groups is 1. The summed E-state index contributed by atoms with van der Waals surface area (Å²) in [6, 6.07) is 12.1. The van der Waals surface area contributed by atoms with Gasteiger partial charge in [-0.1, -0.05) is 18.2 Å². The molecule has 2 amide bonds. The molecule has 0 atom stereocenters. The van der Waals surface area contributed by atoms with Crippen molar-refractivity contribution < 1.29 is 26.4 Å². The van der Waals surface area contributed by atoms with Crippen molar-refractivity contribution in [1.29, 1.82) is 0 Å². The Kier molecular flexibility index (Phi) is 6.60. The van der Waals surface area contributed by atoms with Crippen LogP contribution in [0.5, 0.6) is 0 Å². The molecule has 1 aliphatic heterocycles. The number of aromatic nitrogens is 4. The van der Waals surface area contributed by atoms with E-state index in [2.05, 4.69) is 15.2 Å². The van der Waals surface area contributed by atoms with Gasteiger partial charge in [0.1, 0.15) is 5.65 Å². The molecule has 3 aromatic heterocycles. The van der Waals surface area contributed by atoms with E-state index in [-0.39, 0.29) is 44.6 Å². The smallest absolute Gasteiger partial charge is 0.324 e. The van der Waals surface area contributed by atoms with Gasteiger partial charge < -0.3 is 13.7 Å². The van der Waals surface area contributed by atoms with Gasteiger partial charge in [0, 0.05) is 49.8 Å². The normalized spacial score (nSPS) is 15.0. The minimum atomic E-state index is -3.32. The Bertz CT molecular complexity index is 1520. The number of carbonyl (C=O) groups excluding carboxylic acids is 1. The molecule has 0 N–H and O–H groups in total. The van der Waals surface area contributed by atoms with Crippen molar-refractivity contribution in [2.24, 2.45) is 0 Å². The third-order valence-electron chi connectivity index (χ3n) is 5.98. The lowest BCUT2D eigenvalue weighted by molar-refractivity contribution is 0.116. The number of alkyl halides is 2. The van der Waals surface area contributed by atoms with Crippen LogP contribution in [0.15, 0.2) is 59.3 Å². The van der Waals surface area contributed by atoms with Gasteiger partial charge in [0.2, 0.25) is 15.9 Å². The quantitative estimate of drug-likeness (QED) is 0.375. The monoisotopic (exact) mass is 531 g/mol. The highest BCUT2D eigenvalue weighted by Gasteiger charge is 2.30. The van der Waals surface area contributed by atoms with Crippen LogP contribution in [-0.4, -0.2) is 75.7 Å². The summed E-state index contributed by atoms with van der Waals surface area (Å²) >= 11 is 0. The number of nitrogens with zero attached hydrogens (tertiary/aromatic N) is 7. The summed E-state index contributed by atoms with van der Waals surface area (Å²) in [6.07, 6.45) is 1.75. The van der Waals surface area contributed by atoms with Crippen LogP contribution in [-0.2, 0) is 16.6 Å². The molecule has 5 rings (SSSR count). The number of hydrogen-bond donors (Lipinski definition) is 0. The van der Waals surface area contributed by atoms with Gasteiger partial charge in [-0.3, -0.25) is 4.90 Å². The highest BCUT2D eigenvalue weighted by molar-refractivity contribution is 7.88. The number of anilines is 1. The maximum Gasteiger partial charge on any atom is 0.324 e. The van der Waals surface area contributed by atoms with Gasteiger partial charge in [0.25, 0.3) is 5.89 Å². The molecule has 0 bridgehead atoms. The second kappa shape index (κ2) is 9.86. The van der Waals surface area contributed by atoms with E-state index in [1.807, 2.05) is 30.3 Å². The lowest BCUT2D eigenvalue weighted by Gasteiger charge is -2.36. The summed E-state index contributed by atoms with van der Waals surface area (Å²) in [5.41, 5.74) is 2.19. The first kappa shape index (κ1) is 24.8. The standard InChI is InChI=1S/C23H23F2N7O4S/c1-37(34,35)31-11-9-29(10-12-31)23(33)32(18-5-3-2-4-6-18)15-17-14-30-8-7-16(13-19(30)26-17)21-27-28-22(36-21)20(24)25/h2-8,13-14,20H,9-12,15H2,1H3. The van der Waals surface area contributed by atoms with Gasteiger partial charge in [-0.25, -0.2) is 18.2 Å². The van der Waals surface area contributed by atoms with E-state index >= 15 is 0 Å². The predicted molar refractivity (Wildman–Crippen MR) is 129 cm³/mol. The Morgan fingerprint density at radius 1 is 1.11 bits per heavy atom. The van der Waals surface area contributed by atoms with Crippen molar-refractivity contribution in [1.82, 2.24) is 28.8 Å². The first-order valence-corrected chi connectivity index (χ1v) is 13.2. The second-order valence-electron chi connectivity index (χ2n) is 8.51. The number of sulfonamides is 1. The summed E-state index contributed by atoms with van der Waals surface area (Å²) in [5, 5.41) is 7.02. The van der Waals surface area contributed by atoms with Gasteiger partial charge in [0.05, 0.1) is 18.5 Å². The zero-order valence-corrected chi connectivity index (χ0v) is 20.6. The van der Waals surface area contributed by atoms with Crippen LogP contribution >= 0.6 is 0 Å². The molecule has 14 heteroatoms. The van der Waals surface area contributed by atoms with E-state index in [4.69, 9.17) is 4.42 Å². The fourth-order valence-corrected chi connectivity index (χ4v) is 4.93. The first-order chi connectivity index (χ1) is 17.7. The van der Waals surface area contributed by atoms with Crippen molar-refractivity contribution in [3.63, 3.8) is 0 Å². The lowest BCUT2D eigenvalue weighted by Crippen LogP contribution is -2.53. The maximum absolute atomic E-state index is 13.5. The molecule has 4 heterocycles. The summed E-state index contributed by atoms with van der Waals surface area (Å²) in [4.78, 5) is 21.3. The maximum atomic E-state index is 13.5. The number of fused-ring (bicyclic) bond motifs is 1. The lowest BCUT2D eigenvalue weighted by atomic mass is 10.2. The number of carbonyl (C=O) groups is 1. The molecule has 194 valence electrons. The average molecular weight is 532 g/mol. The largest absolute Gasteiger partial charge is 0.415 e. The SMILES string of the molecule is CS(=O)(=O)N1CCN(C(=O)N(Cc2cn3ccc(-c4nnc(C(F)F)o4)cc3n2)c2ccccc2)CC1. The fraction of sp³-hybridized carbons (Fsp3) is 0.304. The fourth-order valence-electron chi connectivity index (χ4n) is 4.10. The average Bonchev–Trinajstić information content (AvgIpc) is 3.54. The summed E-state index contributed by atoms with van der Waals surface area (Å²) in [7, 11) is -3.32. The number of rotatable bonds is 6. The molecule has 0 radical (unpaired) electrons. The Balaban J connectivity index is 1.39. The second-order valence-corrected chi connectivity index (χ2v) is 10.5. The Morgan fingerprint density at radius 3 is 2.49 bits per heavy atom. The van der Waals surface area contributed by atoms with Crippen LogP contribution in [0.3, 0.4) is 0 Å². The molecule has 11 nitrogen and oxygen atoms in total. The minimum absolute atomic E-state index is 0.0447. The molecular formula is C23H23F2N7O4S. The Labute approximate surface area is 211 Å². The topological polar surface area (TPSA) is 117 Å². The number of para-hydroxylation sites is 1. The number of benzene rings is 1. The number of halogens is 2. The van der Waals surface area contributed by atoms with E-state index < -0.39 is 22.3 Å². The van der Waals surface area contributed by atoms with E-state index in [1.54, 1.807) is 38.7 Å². The van der Waals surface area contributed by atoms with Gasteiger partial charge in [-0.15, -0.1) is 10.2 Å². The molecule has 1 aromatic carbocycles. The van der Waals surface area contributed by atoms with Gasteiger partial charge in [0.15, 0.2) is 0 Å². The number of pyridine rings is 1. The Morgan fingerprint density at radius 2 is 1.84 bits per heavy atom. The third-order valence-corrected chi connectivity index (χ3v) is 7.28. The summed E-state index contributed by atoms with van der Waals surface area (Å²) in [5.74, 6) is -0.801. The number of imidazole rings is 1. The molecule has 1 saturated heterocycles. The zero-order valence-electron chi connectivity index (χ0n) is 19.7. The zero-order chi connectivity index (χ0) is 26.2. The highest BCUT2D eigenvalue weighted by atomic mass is 32.2. The van der Waals surface area contributed by atoms with Crippen molar-refractivity contribution in [3.05, 3.63) is 66.4 Å². The molecule has 0 aliphatic carbocycles. The third kappa shape index (κ3) is 5.29. The van der Waals surface area contributed by atoms with Crippen LogP contribution in [0.4, 0.5) is 19.3 Å². The van der Waals surface area contributed by atoms with Gasteiger partial charge in [-0.2, -0.15) is 13.1 Å². The van der Waals surface area contributed by atoms with Crippen molar-refractivity contribution >= 4 is 27.4 Å². The molecule has 1 aliphatic rings. The summed E-state index contributed by atoms with van der Waals surface area (Å²) < 4.78 is 57.4. The molecule has 4 aromatic rings. The van der Waals surface area contributed by atoms with E-state index in [1.165, 1.54) is 4.31 Å². The summed E-state index contributed by atoms with van der Waals surface area (Å²) in [6.45, 7) is 1.16. The van der Waals surface area contributed by atoms with Crippen LogP contribution in [0.2, 0.25) is 0 Å². The van der Waals surface area contributed by atoms with Gasteiger partial charge >= 0.3 is 12.5 Å². The minimum Gasteiger partial charge on any atom is -0.415 e. The molecule has 0 saturated carbocycles. The Hall–Kier alpha value is -3.91. The van der Waals surface area contributed by atoms with Crippen LogP contribution in [0.25, 0.3) is 17.1 Å². The first-order valence-electron chi connectivity index (χ1n) is 11.4. The van der Waals surface area contributed by atoms with Crippen molar-refractivity contribution in [2.45, 2.75) is 13.0 Å². The molecule has 0 spiro atoms. The van der Waals surface area contributed by atoms with Crippen LogP contribution < -0.4 is 4.90 Å². The van der Waals surface area contributed by atoms with Crippen molar-refractivity contribution in [2.75, 3.05) is 37.3 Å². The number of amides is 2. The van der Waals surface area contributed by atoms with E-state index in [0.717, 1.165) is 6.26 Å². The molecule has 1 fully saturated rings. The van der Waals surface area contributed by atoms with E-state index in [9.17, 15) is 22.0 Å².